The van der Waals surface area contributed by atoms with Crippen molar-refractivity contribution in [2.24, 2.45) is 5.92 Å². The number of amides is 1. The Morgan fingerprint density at radius 3 is 2.67 bits per heavy atom. The molecule has 0 aromatic heterocycles. The number of aliphatic hydroxyl groups excluding tert-OH is 1. The first-order valence-corrected chi connectivity index (χ1v) is 6.14. The summed E-state index contributed by atoms with van der Waals surface area (Å²) in [5.74, 6) is -0.490. The van der Waals surface area contributed by atoms with E-state index in [-0.39, 0.29) is 23.5 Å². The lowest BCUT2D eigenvalue weighted by Crippen LogP contribution is -2.43. The number of carbonyl (C=O) groups is 2. The molecule has 4 atom stereocenters. The molecule has 4 nitrogen and oxygen atoms in total. The Morgan fingerprint density at radius 2 is 2.00 bits per heavy atom. The molecule has 18 heavy (non-hydrogen) atoms. The van der Waals surface area contributed by atoms with Crippen LogP contribution in [0.2, 0.25) is 0 Å². The maximum atomic E-state index is 12.4. The van der Waals surface area contributed by atoms with Crippen LogP contribution < -0.4 is 0 Å². The molecule has 0 spiro atoms. The minimum absolute atomic E-state index is 0.0470. The number of aliphatic hydroxyl groups is 1. The number of nitrogens with zero attached hydrogens (tertiary/aromatic N) is 1. The van der Waals surface area contributed by atoms with Gasteiger partial charge in [0.1, 0.15) is 12.3 Å². The highest BCUT2D eigenvalue weighted by molar-refractivity contribution is 6.07. The predicted octanol–water partition coefficient (Wildman–Crippen LogP) is 1.15. The van der Waals surface area contributed by atoms with E-state index in [1.54, 1.807) is 6.07 Å². The lowest BCUT2D eigenvalue weighted by atomic mass is 9.89. The molecule has 1 N–H and O–H groups in total. The zero-order valence-corrected chi connectivity index (χ0v) is 10.3. The van der Waals surface area contributed by atoms with Crippen LogP contribution in [0.1, 0.15) is 35.7 Å². The summed E-state index contributed by atoms with van der Waals surface area (Å²) < 4.78 is 0. The van der Waals surface area contributed by atoms with Crippen molar-refractivity contribution < 1.29 is 14.7 Å². The van der Waals surface area contributed by atoms with Gasteiger partial charge in [0.15, 0.2) is 5.78 Å². The summed E-state index contributed by atoms with van der Waals surface area (Å²) in [7, 11) is 0. The monoisotopic (exact) mass is 245 g/mol. The number of hydrogen-bond acceptors (Lipinski definition) is 3. The van der Waals surface area contributed by atoms with Crippen molar-refractivity contribution in [1.82, 2.24) is 4.90 Å². The Kier molecular flexibility index (Phi) is 2.32. The SMILES string of the molecule is CC(=O)N1[C@@H]2C(=O)c3ccccc3[C@@H]2[C@H](C)[C@@H]1O. The van der Waals surface area contributed by atoms with Gasteiger partial charge in [-0.05, 0) is 5.56 Å². The highest BCUT2D eigenvalue weighted by Gasteiger charge is 2.55. The standard InChI is InChI=1S/C14H15NO3/c1-7-11-9-5-3-4-6-10(9)13(17)12(11)15(8(2)16)14(7)18/h3-7,11-12,14,18H,1-2H3/t7-,11-,12-,14-/m0/s1. The van der Waals surface area contributed by atoms with Crippen LogP contribution in [0.5, 0.6) is 0 Å². The fraction of sp³-hybridized carbons (Fsp3) is 0.429. The number of rotatable bonds is 0. The number of Topliss-reactive ketones (excluding diaryl/α,β-unsaturated/α-hetero) is 1. The third-order valence-electron chi connectivity index (χ3n) is 4.18. The summed E-state index contributed by atoms with van der Waals surface area (Å²) >= 11 is 0. The van der Waals surface area contributed by atoms with Gasteiger partial charge in [-0.2, -0.15) is 0 Å². The maximum absolute atomic E-state index is 12.4. The Hall–Kier alpha value is -1.68. The van der Waals surface area contributed by atoms with Crippen LogP contribution >= 0.6 is 0 Å². The van der Waals surface area contributed by atoms with E-state index in [2.05, 4.69) is 0 Å². The minimum Gasteiger partial charge on any atom is -0.373 e. The Morgan fingerprint density at radius 1 is 1.33 bits per heavy atom. The summed E-state index contributed by atoms with van der Waals surface area (Å²) in [5.41, 5.74) is 1.65. The fourth-order valence-corrected chi connectivity index (χ4v) is 3.36. The van der Waals surface area contributed by atoms with Crippen LogP contribution in [0.3, 0.4) is 0 Å². The fourth-order valence-electron chi connectivity index (χ4n) is 3.36. The molecule has 2 aliphatic rings. The second-order valence-corrected chi connectivity index (χ2v) is 5.12. The number of likely N-dealkylation sites (tertiary alicyclic amines) is 1. The van der Waals surface area contributed by atoms with Gasteiger partial charge >= 0.3 is 0 Å². The molecule has 1 aromatic carbocycles. The van der Waals surface area contributed by atoms with Gasteiger partial charge in [-0.15, -0.1) is 0 Å². The van der Waals surface area contributed by atoms with Crippen LogP contribution in [0.25, 0.3) is 0 Å². The Bertz CT molecular complexity index is 540. The average Bonchev–Trinajstić information content (AvgIpc) is 2.77. The van der Waals surface area contributed by atoms with E-state index in [4.69, 9.17) is 0 Å². The maximum Gasteiger partial charge on any atom is 0.222 e. The first-order chi connectivity index (χ1) is 8.54. The molecule has 1 aliphatic heterocycles. The van der Waals surface area contributed by atoms with Crippen molar-refractivity contribution in [3.8, 4) is 0 Å². The van der Waals surface area contributed by atoms with Crippen LogP contribution in [-0.4, -0.2) is 34.0 Å². The lowest BCUT2D eigenvalue weighted by Gasteiger charge is -2.24. The van der Waals surface area contributed by atoms with E-state index in [9.17, 15) is 14.7 Å². The minimum atomic E-state index is -0.866. The first-order valence-electron chi connectivity index (χ1n) is 6.14. The Balaban J connectivity index is 2.15. The molecule has 1 amide bonds. The predicted molar refractivity (Wildman–Crippen MR) is 65.0 cm³/mol. The number of carbonyl (C=O) groups excluding carboxylic acids is 2. The molecule has 94 valence electrons. The largest absolute Gasteiger partial charge is 0.373 e. The third-order valence-corrected chi connectivity index (χ3v) is 4.18. The molecule has 1 aliphatic carbocycles. The van der Waals surface area contributed by atoms with Gasteiger partial charge in [-0.1, -0.05) is 31.2 Å². The van der Waals surface area contributed by atoms with E-state index in [0.717, 1.165) is 5.56 Å². The average molecular weight is 245 g/mol. The molecule has 1 heterocycles. The van der Waals surface area contributed by atoms with Gasteiger partial charge in [-0.3, -0.25) is 9.59 Å². The molecular weight excluding hydrogens is 230 g/mol. The second kappa shape index (κ2) is 3.65. The lowest BCUT2D eigenvalue weighted by molar-refractivity contribution is -0.138. The van der Waals surface area contributed by atoms with Crippen molar-refractivity contribution in [3.63, 3.8) is 0 Å². The van der Waals surface area contributed by atoms with E-state index in [1.165, 1.54) is 11.8 Å². The summed E-state index contributed by atoms with van der Waals surface area (Å²) in [6, 6.07) is 6.92. The molecule has 4 heteroatoms. The molecule has 3 rings (SSSR count). The van der Waals surface area contributed by atoms with E-state index >= 15 is 0 Å². The van der Waals surface area contributed by atoms with Gasteiger partial charge in [0.25, 0.3) is 0 Å². The molecule has 0 saturated carbocycles. The number of hydrogen-bond donors (Lipinski definition) is 1. The topological polar surface area (TPSA) is 57.6 Å². The number of fused-ring (bicyclic) bond motifs is 3. The molecule has 1 aromatic rings. The van der Waals surface area contributed by atoms with Crippen LogP contribution in [0, 0.1) is 5.92 Å². The number of ketones is 1. The van der Waals surface area contributed by atoms with E-state index < -0.39 is 12.3 Å². The molecular formula is C14H15NO3. The van der Waals surface area contributed by atoms with Crippen LogP contribution in [0.4, 0.5) is 0 Å². The summed E-state index contributed by atoms with van der Waals surface area (Å²) in [5, 5.41) is 10.1. The Labute approximate surface area is 105 Å². The van der Waals surface area contributed by atoms with Gasteiger partial charge < -0.3 is 10.0 Å². The van der Waals surface area contributed by atoms with Gasteiger partial charge in [0.2, 0.25) is 5.91 Å². The van der Waals surface area contributed by atoms with Gasteiger partial charge in [-0.25, -0.2) is 0 Å². The summed E-state index contributed by atoms with van der Waals surface area (Å²) in [6.45, 7) is 3.29. The van der Waals surface area contributed by atoms with E-state index in [0.29, 0.717) is 5.56 Å². The zero-order chi connectivity index (χ0) is 13.0. The molecule has 0 radical (unpaired) electrons. The van der Waals surface area contributed by atoms with Crippen molar-refractivity contribution in [2.45, 2.75) is 32.0 Å². The first kappa shape index (κ1) is 11.4. The number of benzene rings is 1. The summed E-state index contributed by atoms with van der Waals surface area (Å²) in [6.07, 6.45) is -0.866. The summed E-state index contributed by atoms with van der Waals surface area (Å²) in [4.78, 5) is 25.4. The molecule has 0 bridgehead atoms. The molecule has 0 unspecified atom stereocenters. The van der Waals surface area contributed by atoms with Crippen molar-refractivity contribution >= 4 is 11.7 Å². The van der Waals surface area contributed by atoms with Gasteiger partial charge in [0.05, 0.1) is 0 Å². The van der Waals surface area contributed by atoms with Crippen molar-refractivity contribution in [2.75, 3.05) is 0 Å². The van der Waals surface area contributed by atoms with Crippen LogP contribution in [0.15, 0.2) is 24.3 Å². The van der Waals surface area contributed by atoms with E-state index in [1.807, 2.05) is 25.1 Å². The van der Waals surface area contributed by atoms with Crippen molar-refractivity contribution in [3.05, 3.63) is 35.4 Å². The quantitative estimate of drug-likeness (QED) is 0.746. The second-order valence-electron chi connectivity index (χ2n) is 5.12. The van der Waals surface area contributed by atoms with Crippen molar-refractivity contribution in [1.29, 1.82) is 0 Å². The highest BCUT2D eigenvalue weighted by atomic mass is 16.3. The zero-order valence-electron chi connectivity index (χ0n) is 10.3. The highest BCUT2D eigenvalue weighted by Crippen LogP contribution is 2.48. The van der Waals surface area contributed by atoms with Gasteiger partial charge in [0, 0.05) is 24.3 Å². The molecule has 1 saturated heterocycles. The smallest absolute Gasteiger partial charge is 0.222 e. The molecule has 1 fully saturated rings. The third kappa shape index (κ3) is 1.24. The van der Waals surface area contributed by atoms with Crippen LogP contribution in [-0.2, 0) is 4.79 Å². The normalized spacial score (nSPS) is 33.5.